The van der Waals surface area contributed by atoms with E-state index in [9.17, 15) is 0 Å². The van der Waals surface area contributed by atoms with Crippen molar-refractivity contribution in [1.82, 2.24) is 9.97 Å². The van der Waals surface area contributed by atoms with E-state index in [1.165, 1.54) is 16.5 Å². The highest BCUT2D eigenvalue weighted by Crippen LogP contribution is 2.33. The first-order chi connectivity index (χ1) is 17.8. The van der Waals surface area contributed by atoms with E-state index in [1.807, 2.05) is 36.4 Å². The van der Waals surface area contributed by atoms with Gasteiger partial charge in [-0.25, -0.2) is 9.97 Å². The van der Waals surface area contributed by atoms with Gasteiger partial charge in [-0.2, -0.15) is 0 Å². The van der Waals surface area contributed by atoms with Crippen LogP contribution in [0.2, 0.25) is 0 Å². The molecule has 1 heterocycles. The summed E-state index contributed by atoms with van der Waals surface area (Å²) in [6.45, 7) is 0. The molecule has 0 N–H and O–H groups in total. The standard InChI is InChI=1S/C33H25N3/c1-36(32-18-10-16-24-11-8-9-17-29(24)32)28-21-19-26(20-22-28)31-23-30(25-12-4-2-5-13-25)34-33(35-31)27-14-6-3-7-15-27/h2-23H,1H3. The Bertz CT molecular complexity index is 1560. The van der Waals surface area contributed by atoms with E-state index in [1.54, 1.807) is 0 Å². The molecule has 0 spiro atoms. The van der Waals surface area contributed by atoms with Crippen LogP contribution in [0.1, 0.15) is 0 Å². The lowest BCUT2D eigenvalue weighted by molar-refractivity contribution is 1.18. The fourth-order valence-electron chi connectivity index (χ4n) is 4.56. The molecule has 0 aliphatic carbocycles. The van der Waals surface area contributed by atoms with Crippen LogP contribution in [-0.4, -0.2) is 17.0 Å². The SMILES string of the molecule is CN(c1ccc(-c2cc(-c3ccccc3)nc(-c3ccccc3)n2)cc1)c1cccc2ccccc12. The van der Waals surface area contributed by atoms with Crippen molar-refractivity contribution in [2.75, 3.05) is 11.9 Å². The number of hydrogen-bond donors (Lipinski definition) is 0. The smallest absolute Gasteiger partial charge is 0.160 e. The molecule has 0 aliphatic rings. The molecular weight excluding hydrogens is 438 g/mol. The Balaban J connectivity index is 1.39. The van der Waals surface area contributed by atoms with Gasteiger partial charge in [0.1, 0.15) is 0 Å². The molecule has 36 heavy (non-hydrogen) atoms. The largest absolute Gasteiger partial charge is 0.344 e. The van der Waals surface area contributed by atoms with Crippen molar-refractivity contribution in [1.29, 1.82) is 0 Å². The predicted octanol–water partition coefficient (Wildman–Crippen LogP) is 8.40. The average molecular weight is 464 g/mol. The van der Waals surface area contributed by atoms with E-state index in [2.05, 4.69) is 109 Å². The number of benzene rings is 5. The van der Waals surface area contributed by atoms with Gasteiger partial charge in [-0.1, -0.05) is 109 Å². The molecule has 0 fully saturated rings. The lowest BCUT2D eigenvalue weighted by Crippen LogP contribution is -2.09. The first-order valence-corrected chi connectivity index (χ1v) is 12.1. The van der Waals surface area contributed by atoms with Gasteiger partial charge in [-0.15, -0.1) is 0 Å². The first-order valence-electron chi connectivity index (χ1n) is 12.1. The van der Waals surface area contributed by atoms with Gasteiger partial charge in [0.25, 0.3) is 0 Å². The second kappa shape index (κ2) is 9.47. The summed E-state index contributed by atoms with van der Waals surface area (Å²) in [7, 11) is 2.11. The average Bonchev–Trinajstić information content (AvgIpc) is 2.97. The predicted molar refractivity (Wildman–Crippen MR) is 150 cm³/mol. The number of fused-ring (bicyclic) bond motifs is 1. The maximum atomic E-state index is 4.95. The second-order valence-corrected chi connectivity index (χ2v) is 8.80. The van der Waals surface area contributed by atoms with Crippen LogP contribution in [0.4, 0.5) is 11.4 Å². The van der Waals surface area contributed by atoms with E-state index in [0.29, 0.717) is 0 Å². The Hall–Kier alpha value is -4.76. The molecule has 0 saturated carbocycles. The van der Waals surface area contributed by atoms with Crippen molar-refractivity contribution in [3.05, 3.63) is 133 Å². The van der Waals surface area contributed by atoms with Crippen molar-refractivity contribution < 1.29 is 0 Å². The van der Waals surface area contributed by atoms with Crippen LogP contribution in [0.15, 0.2) is 133 Å². The van der Waals surface area contributed by atoms with Gasteiger partial charge in [-0.05, 0) is 29.7 Å². The lowest BCUT2D eigenvalue weighted by Gasteiger charge is -2.22. The maximum absolute atomic E-state index is 4.95. The fraction of sp³-hybridized carbons (Fsp3) is 0.0303. The molecule has 0 unspecified atom stereocenters. The molecule has 3 nitrogen and oxygen atoms in total. The summed E-state index contributed by atoms with van der Waals surface area (Å²) in [5.41, 5.74) is 7.26. The highest BCUT2D eigenvalue weighted by atomic mass is 15.1. The molecule has 0 saturated heterocycles. The number of rotatable bonds is 5. The molecule has 3 heteroatoms. The van der Waals surface area contributed by atoms with Crippen molar-refractivity contribution in [3.63, 3.8) is 0 Å². The van der Waals surface area contributed by atoms with Crippen molar-refractivity contribution in [2.24, 2.45) is 0 Å². The summed E-state index contributed by atoms with van der Waals surface area (Å²) < 4.78 is 0. The zero-order chi connectivity index (χ0) is 24.3. The first kappa shape index (κ1) is 21.8. The highest BCUT2D eigenvalue weighted by Gasteiger charge is 2.12. The number of hydrogen-bond acceptors (Lipinski definition) is 3. The maximum Gasteiger partial charge on any atom is 0.160 e. The Morgan fingerprint density at radius 1 is 0.500 bits per heavy atom. The summed E-state index contributed by atoms with van der Waals surface area (Å²) in [6.07, 6.45) is 0. The Morgan fingerprint density at radius 3 is 1.75 bits per heavy atom. The Kier molecular flexibility index (Phi) is 5.72. The third-order valence-corrected chi connectivity index (χ3v) is 6.51. The van der Waals surface area contributed by atoms with Crippen molar-refractivity contribution in [2.45, 2.75) is 0 Å². The quantitative estimate of drug-likeness (QED) is 0.257. The number of anilines is 2. The second-order valence-electron chi connectivity index (χ2n) is 8.80. The zero-order valence-electron chi connectivity index (χ0n) is 20.0. The third kappa shape index (κ3) is 4.23. The molecular formula is C33H25N3. The van der Waals surface area contributed by atoms with Crippen molar-refractivity contribution in [3.8, 4) is 33.9 Å². The fourth-order valence-corrected chi connectivity index (χ4v) is 4.56. The summed E-state index contributed by atoms with van der Waals surface area (Å²) >= 11 is 0. The molecule has 0 bridgehead atoms. The summed E-state index contributed by atoms with van der Waals surface area (Å²) in [6, 6.07) is 46.0. The molecule has 5 aromatic carbocycles. The lowest BCUT2D eigenvalue weighted by atomic mass is 10.1. The van der Waals surface area contributed by atoms with Gasteiger partial charge < -0.3 is 4.90 Å². The Morgan fingerprint density at radius 2 is 1.06 bits per heavy atom. The topological polar surface area (TPSA) is 29.0 Å². The third-order valence-electron chi connectivity index (χ3n) is 6.51. The van der Waals surface area contributed by atoms with E-state index in [4.69, 9.17) is 9.97 Å². The summed E-state index contributed by atoms with van der Waals surface area (Å²) in [4.78, 5) is 12.1. The number of nitrogens with zero attached hydrogens (tertiary/aromatic N) is 3. The van der Waals surface area contributed by atoms with Crippen molar-refractivity contribution >= 4 is 22.1 Å². The molecule has 6 aromatic rings. The molecule has 0 radical (unpaired) electrons. The molecule has 0 atom stereocenters. The van der Waals surface area contributed by atoms with E-state index in [0.717, 1.165) is 39.6 Å². The summed E-state index contributed by atoms with van der Waals surface area (Å²) in [5, 5.41) is 2.48. The minimum Gasteiger partial charge on any atom is -0.344 e. The van der Waals surface area contributed by atoms with Gasteiger partial charge in [0.05, 0.1) is 11.4 Å². The van der Waals surface area contributed by atoms with Crippen LogP contribution in [-0.2, 0) is 0 Å². The zero-order valence-corrected chi connectivity index (χ0v) is 20.0. The normalized spacial score (nSPS) is 10.9. The van der Waals surface area contributed by atoms with Crippen LogP contribution in [0.25, 0.3) is 44.7 Å². The van der Waals surface area contributed by atoms with Gasteiger partial charge in [-0.3, -0.25) is 0 Å². The van der Waals surface area contributed by atoms with Crippen LogP contribution in [0.3, 0.4) is 0 Å². The van der Waals surface area contributed by atoms with Crippen LogP contribution in [0, 0.1) is 0 Å². The summed E-state index contributed by atoms with van der Waals surface area (Å²) in [5.74, 6) is 0.726. The monoisotopic (exact) mass is 463 g/mol. The van der Waals surface area contributed by atoms with Crippen LogP contribution < -0.4 is 4.90 Å². The minimum atomic E-state index is 0.726. The molecule has 6 rings (SSSR count). The van der Waals surface area contributed by atoms with Gasteiger partial charge in [0, 0.05) is 40.5 Å². The highest BCUT2D eigenvalue weighted by molar-refractivity contribution is 5.96. The molecule has 172 valence electrons. The van der Waals surface area contributed by atoms with Crippen LogP contribution in [0.5, 0.6) is 0 Å². The minimum absolute atomic E-state index is 0.726. The Labute approximate surface area is 211 Å². The van der Waals surface area contributed by atoms with E-state index >= 15 is 0 Å². The molecule has 0 amide bonds. The van der Waals surface area contributed by atoms with Gasteiger partial charge in [0.2, 0.25) is 0 Å². The van der Waals surface area contributed by atoms with E-state index < -0.39 is 0 Å². The number of aromatic nitrogens is 2. The van der Waals surface area contributed by atoms with Gasteiger partial charge >= 0.3 is 0 Å². The molecule has 1 aromatic heterocycles. The van der Waals surface area contributed by atoms with E-state index in [-0.39, 0.29) is 0 Å². The van der Waals surface area contributed by atoms with Crippen LogP contribution >= 0.6 is 0 Å². The van der Waals surface area contributed by atoms with Gasteiger partial charge in [0.15, 0.2) is 5.82 Å². The molecule has 0 aliphatic heterocycles.